The molecule has 0 bridgehead atoms. The van der Waals surface area contributed by atoms with Gasteiger partial charge in [-0.25, -0.2) is 4.79 Å². The monoisotopic (exact) mass is 595 g/mol. The first-order chi connectivity index (χ1) is 20.5. The molecule has 10 nitrogen and oxygen atoms in total. The lowest BCUT2D eigenvalue weighted by Crippen LogP contribution is -2.55. The average molecular weight is 596 g/mol. The zero-order chi connectivity index (χ0) is 31.4. The van der Waals surface area contributed by atoms with Crippen LogP contribution in [0.2, 0.25) is 0 Å². The van der Waals surface area contributed by atoms with Crippen molar-refractivity contribution >= 4 is 23.8 Å². The zero-order valence-electron chi connectivity index (χ0n) is 25.6. The van der Waals surface area contributed by atoms with Gasteiger partial charge < -0.3 is 30.1 Å². The van der Waals surface area contributed by atoms with Crippen molar-refractivity contribution in [3.8, 4) is 0 Å². The molecule has 3 atom stereocenters. The fourth-order valence-corrected chi connectivity index (χ4v) is 4.95. The Labute approximate surface area is 254 Å². The number of likely N-dealkylation sites (tertiary alicyclic amines) is 1. The highest BCUT2D eigenvalue weighted by Gasteiger charge is 2.37. The number of carbonyl (C=O) groups excluding carboxylic acids is 4. The number of ketones is 1. The van der Waals surface area contributed by atoms with Crippen LogP contribution in [0.15, 0.2) is 60.7 Å². The maximum atomic E-state index is 13.4. The summed E-state index contributed by atoms with van der Waals surface area (Å²) in [6.07, 6.45) is -1.03. The highest BCUT2D eigenvalue weighted by atomic mass is 16.5. The number of nitrogens with zero attached hydrogens (tertiary/aromatic N) is 1. The second-order valence-corrected chi connectivity index (χ2v) is 12.2. The number of hydrogen-bond donors (Lipinski definition) is 3. The Morgan fingerprint density at radius 2 is 1.53 bits per heavy atom. The van der Waals surface area contributed by atoms with Gasteiger partial charge in [0.15, 0.2) is 5.78 Å². The van der Waals surface area contributed by atoms with E-state index in [0.717, 1.165) is 11.1 Å². The molecule has 1 heterocycles. The van der Waals surface area contributed by atoms with Crippen molar-refractivity contribution in [3.63, 3.8) is 0 Å². The second kappa shape index (κ2) is 16.2. The van der Waals surface area contributed by atoms with E-state index in [9.17, 15) is 24.3 Å². The topological polar surface area (TPSA) is 134 Å². The second-order valence-electron chi connectivity index (χ2n) is 12.2. The summed E-state index contributed by atoms with van der Waals surface area (Å²) < 4.78 is 10.7. The minimum Gasteiger partial charge on any atom is -0.460 e. The quantitative estimate of drug-likeness (QED) is 0.283. The van der Waals surface area contributed by atoms with Crippen molar-refractivity contribution in [1.82, 2.24) is 15.5 Å². The normalized spacial score (nSPS) is 17.7. The number of benzene rings is 2. The Bertz CT molecular complexity index is 1200. The van der Waals surface area contributed by atoms with Crippen LogP contribution in [-0.4, -0.2) is 72.1 Å². The van der Waals surface area contributed by atoms with Crippen LogP contribution in [0.1, 0.15) is 51.7 Å². The number of nitrogens with one attached hydrogen (secondary N) is 2. The number of ether oxygens (including phenoxy) is 2. The van der Waals surface area contributed by atoms with E-state index in [2.05, 4.69) is 10.6 Å². The largest absolute Gasteiger partial charge is 0.460 e. The lowest BCUT2D eigenvalue weighted by Gasteiger charge is -2.37. The van der Waals surface area contributed by atoms with Gasteiger partial charge in [0.1, 0.15) is 19.3 Å². The summed E-state index contributed by atoms with van der Waals surface area (Å²) in [5.74, 6) is -1.40. The smallest absolute Gasteiger partial charge is 0.408 e. The molecule has 3 rings (SSSR count). The first-order valence-electron chi connectivity index (χ1n) is 14.8. The van der Waals surface area contributed by atoms with E-state index in [1.807, 2.05) is 74.5 Å². The Hall–Kier alpha value is -3.76. The molecule has 1 aliphatic heterocycles. The van der Waals surface area contributed by atoms with Crippen LogP contribution < -0.4 is 10.6 Å². The van der Waals surface area contributed by atoms with Crippen molar-refractivity contribution < 1.29 is 33.8 Å². The standard InChI is InChI=1S/C33H45N3O7/c1-23(2)17-27(35-32(41)43-21-25-13-9-6-10-14-25)30(39)36-16-15-26(29(38)19-36)28(37)18-34-22-33(3,4)31(40)42-20-24-11-7-5-8-12-24/h5-14,23,26-27,29,34,38H,15-22H2,1-4H3,(H,35,41)/t26?,27-,29?/m0/s1. The summed E-state index contributed by atoms with van der Waals surface area (Å²) in [7, 11) is 0. The number of β-amino-alcohol motifs (C(OH)–C–C–N with tert-alkyl or cyclic N) is 1. The minimum absolute atomic E-state index is 0.0120. The lowest BCUT2D eigenvalue weighted by atomic mass is 9.88. The van der Waals surface area contributed by atoms with Gasteiger partial charge in [0.05, 0.1) is 18.1 Å². The van der Waals surface area contributed by atoms with E-state index in [-0.39, 0.29) is 63.0 Å². The average Bonchev–Trinajstić information content (AvgIpc) is 2.98. The SMILES string of the molecule is CC(C)C[C@H](NC(=O)OCc1ccccc1)C(=O)N1CCC(C(=O)CNCC(C)(C)C(=O)OCc2ccccc2)C(O)C1. The molecule has 0 spiro atoms. The third-order valence-electron chi connectivity index (χ3n) is 7.45. The van der Waals surface area contributed by atoms with Gasteiger partial charge in [0, 0.05) is 25.6 Å². The molecule has 234 valence electrons. The molecule has 2 amide bonds. The zero-order valence-corrected chi connectivity index (χ0v) is 25.6. The molecule has 0 aromatic heterocycles. The molecule has 2 unspecified atom stereocenters. The molecule has 1 saturated heterocycles. The molecular weight excluding hydrogens is 550 g/mol. The molecule has 2 aromatic rings. The molecule has 3 N–H and O–H groups in total. The van der Waals surface area contributed by atoms with Crippen LogP contribution in [0.4, 0.5) is 4.79 Å². The summed E-state index contributed by atoms with van der Waals surface area (Å²) in [6, 6.07) is 17.8. The van der Waals surface area contributed by atoms with Crippen molar-refractivity contribution in [1.29, 1.82) is 0 Å². The maximum Gasteiger partial charge on any atom is 0.408 e. The van der Waals surface area contributed by atoms with Gasteiger partial charge in [-0.2, -0.15) is 0 Å². The fraction of sp³-hybridized carbons (Fsp3) is 0.515. The number of hydrogen-bond acceptors (Lipinski definition) is 8. The van der Waals surface area contributed by atoms with E-state index in [1.54, 1.807) is 13.8 Å². The summed E-state index contributed by atoms with van der Waals surface area (Å²) in [4.78, 5) is 52.9. The molecule has 0 aliphatic carbocycles. The molecule has 43 heavy (non-hydrogen) atoms. The first-order valence-corrected chi connectivity index (χ1v) is 14.8. The number of piperidine rings is 1. The number of carbonyl (C=O) groups is 4. The number of Topliss-reactive ketones (excluding diaryl/α,β-unsaturated/α-hetero) is 1. The van der Waals surface area contributed by atoms with E-state index in [4.69, 9.17) is 9.47 Å². The van der Waals surface area contributed by atoms with Crippen molar-refractivity contribution in [2.45, 2.75) is 65.9 Å². The Morgan fingerprint density at radius 1 is 0.953 bits per heavy atom. The van der Waals surface area contributed by atoms with Gasteiger partial charge in [-0.1, -0.05) is 74.5 Å². The maximum absolute atomic E-state index is 13.4. The third-order valence-corrected chi connectivity index (χ3v) is 7.45. The number of aliphatic hydroxyl groups is 1. The van der Waals surface area contributed by atoms with Gasteiger partial charge in [-0.3, -0.25) is 14.4 Å². The number of alkyl carbamates (subject to hydrolysis) is 1. The van der Waals surface area contributed by atoms with Crippen molar-refractivity contribution in [2.75, 3.05) is 26.2 Å². The van der Waals surface area contributed by atoms with Crippen LogP contribution in [0.25, 0.3) is 0 Å². The number of rotatable bonds is 14. The Balaban J connectivity index is 1.45. The Kier molecular flexibility index (Phi) is 12.7. The summed E-state index contributed by atoms with van der Waals surface area (Å²) in [5, 5.41) is 16.5. The van der Waals surface area contributed by atoms with Crippen LogP contribution in [0.3, 0.4) is 0 Å². The van der Waals surface area contributed by atoms with Crippen molar-refractivity contribution in [2.24, 2.45) is 17.3 Å². The van der Waals surface area contributed by atoms with E-state index < -0.39 is 29.6 Å². The van der Waals surface area contributed by atoms with Crippen LogP contribution in [0, 0.1) is 17.3 Å². The van der Waals surface area contributed by atoms with E-state index in [0.29, 0.717) is 12.8 Å². The molecule has 0 saturated carbocycles. The fourth-order valence-electron chi connectivity index (χ4n) is 4.95. The van der Waals surface area contributed by atoms with Gasteiger partial charge in [0.25, 0.3) is 0 Å². The first kappa shape index (κ1) is 33.7. The van der Waals surface area contributed by atoms with Gasteiger partial charge in [0.2, 0.25) is 5.91 Å². The molecule has 1 fully saturated rings. The van der Waals surface area contributed by atoms with Gasteiger partial charge in [-0.15, -0.1) is 0 Å². The van der Waals surface area contributed by atoms with Crippen molar-refractivity contribution in [3.05, 3.63) is 71.8 Å². The van der Waals surface area contributed by atoms with Crippen LogP contribution in [-0.2, 0) is 37.1 Å². The molecule has 10 heteroatoms. The number of aliphatic hydroxyl groups excluding tert-OH is 1. The predicted molar refractivity (Wildman–Crippen MR) is 162 cm³/mol. The minimum atomic E-state index is -1.04. The van der Waals surface area contributed by atoms with E-state index >= 15 is 0 Å². The number of esters is 1. The third kappa shape index (κ3) is 10.8. The van der Waals surface area contributed by atoms with Crippen LogP contribution in [0.5, 0.6) is 0 Å². The van der Waals surface area contributed by atoms with Gasteiger partial charge >= 0.3 is 12.1 Å². The highest BCUT2D eigenvalue weighted by Crippen LogP contribution is 2.22. The molecule has 0 radical (unpaired) electrons. The summed E-state index contributed by atoms with van der Waals surface area (Å²) >= 11 is 0. The Morgan fingerprint density at radius 3 is 2.09 bits per heavy atom. The number of amides is 2. The van der Waals surface area contributed by atoms with Crippen LogP contribution >= 0.6 is 0 Å². The summed E-state index contributed by atoms with van der Waals surface area (Å²) in [5.41, 5.74) is 0.868. The molecule has 2 aromatic carbocycles. The molecular formula is C33H45N3O7. The van der Waals surface area contributed by atoms with Gasteiger partial charge in [-0.05, 0) is 43.7 Å². The van der Waals surface area contributed by atoms with E-state index in [1.165, 1.54) is 4.90 Å². The highest BCUT2D eigenvalue weighted by molar-refractivity contribution is 5.87. The molecule has 1 aliphatic rings. The summed E-state index contributed by atoms with van der Waals surface area (Å²) in [6.45, 7) is 8.13. The lowest BCUT2D eigenvalue weighted by molar-refractivity contribution is -0.155. The predicted octanol–water partition coefficient (Wildman–Crippen LogP) is 3.47.